The first-order valence-corrected chi connectivity index (χ1v) is 8.56. The van der Waals surface area contributed by atoms with Crippen LogP contribution in [0.3, 0.4) is 0 Å². The van der Waals surface area contributed by atoms with E-state index in [-0.39, 0.29) is 5.91 Å². The van der Waals surface area contributed by atoms with Crippen LogP contribution in [0, 0.1) is 0 Å². The van der Waals surface area contributed by atoms with E-state index in [4.69, 9.17) is 10.2 Å². The van der Waals surface area contributed by atoms with Gasteiger partial charge in [0.05, 0.1) is 23.0 Å². The Kier molecular flexibility index (Phi) is 4.63. The highest BCUT2D eigenvalue weighted by atomic mass is 16.3. The number of amides is 1. The number of hydrogen-bond donors (Lipinski definition) is 3. The molecule has 0 bridgehead atoms. The molecule has 8 heteroatoms. The van der Waals surface area contributed by atoms with Crippen molar-refractivity contribution in [2.45, 2.75) is 13.0 Å². The molecule has 0 atom stereocenters. The monoisotopic (exact) mass is 362 g/mol. The molecular weight excluding hydrogens is 344 g/mol. The average Bonchev–Trinajstić information content (AvgIpc) is 3.37. The number of fused-ring (bicyclic) bond motifs is 1. The summed E-state index contributed by atoms with van der Waals surface area (Å²) in [5, 5.41) is 2.93. The summed E-state index contributed by atoms with van der Waals surface area (Å²) in [6.45, 7) is 0.847. The summed E-state index contributed by atoms with van der Waals surface area (Å²) < 4.78 is 5.35. The fourth-order valence-corrected chi connectivity index (χ4v) is 2.92. The predicted octanol–water partition coefficient (Wildman–Crippen LogP) is 2.04. The maximum absolute atomic E-state index is 12.6. The van der Waals surface area contributed by atoms with Crippen molar-refractivity contribution in [3.63, 3.8) is 0 Å². The highest BCUT2D eigenvalue weighted by Crippen LogP contribution is 2.21. The summed E-state index contributed by atoms with van der Waals surface area (Å²) >= 11 is 0. The van der Waals surface area contributed by atoms with Crippen molar-refractivity contribution in [3.05, 3.63) is 65.8 Å². The van der Waals surface area contributed by atoms with E-state index in [9.17, 15) is 4.79 Å². The lowest BCUT2D eigenvalue weighted by Crippen LogP contribution is -2.26. The summed E-state index contributed by atoms with van der Waals surface area (Å²) in [5.41, 5.74) is 9.10. The van der Waals surface area contributed by atoms with Gasteiger partial charge in [-0.05, 0) is 36.2 Å². The number of rotatable bonds is 6. The Labute approximate surface area is 154 Å². The summed E-state index contributed by atoms with van der Waals surface area (Å²) in [7, 11) is 0. The van der Waals surface area contributed by atoms with Crippen molar-refractivity contribution in [2.24, 2.45) is 5.73 Å². The number of carbonyl (C=O) groups excluding carboxylic acids is 1. The van der Waals surface area contributed by atoms with Gasteiger partial charge < -0.3 is 20.5 Å². The van der Waals surface area contributed by atoms with Crippen LogP contribution in [0.1, 0.15) is 21.6 Å². The van der Waals surface area contributed by atoms with E-state index in [0.717, 1.165) is 11.3 Å². The molecule has 0 aromatic carbocycles. The Morgan fingerprint density at radius 2 is 2.11 bits per heavy atom. The van der Waals surface area contributed by atoms with Crippen molar-refractivity contribution in [1.29, 1.82) is 0 Å². The van der Waals surface area contributed by atoms with Crippen LogP contribution in [-0.2, 0) is 13.0 Å². The smallest absolute Gasteiger partial charge is 0.253 e. The van der Waals surface area contributed by atoms with Crippen LogP contribution >= 0.6 is 0 Å². The Hall–Kier alpha value is -3.52. The lowest BCUT2D eigenvalue weighted by molar-refractivity contribution is 0.0955. The number of nitrogens with two attached hydrogens (primary N) is 1. The van der Waals surface area contributed by atoms with Crippen LogP contribution in [0.25, 0.3) is 22.7 Å². The lowest BCUT2D eigenvalue weighted by Gasteiger charge is -2.08. The van der Waals surface area contributed by atoms with Gasteiger partial charge in [-0.25, -0.2) is 9.97 Å². The third-order valence-electron chi connectivity index (χ3n) is 4.25. The second-order valence-corrected chi connectivity index (χ2v) is 5.94. The molecule has 8 nitrogen and oxygen atoms in total. The number of carbonyl (C=O) groups is 1. The van der Waals surface area contributed by atoms with Gasteiger partial charge in [-0.1, -0.05) is 6.07 Å². The highest BCUT2D eigenvalue weighted by Gasteiger charge is 2.16. The van der Waals surface area contributed by atoms with Crippen LogP contribution in [0.4, 0.5) is 0 Å². The topological polar surface area (TPSA) is 123 Å². The van der Waals surface area contributed by atoms with Crippen molar-refractivity contribution in [1.82, 2.24) is 25.3 Å². The third-order valence-corrected chi connectivity index (χ3v) is 4.25. The molecule has 136 valence electrons. The Morgan fingerprint density at radius 3 is 2.93 bits per heavy atom. The van der Waals surface area contributed by atoms with Crippen LogP contribution in [0.15, 0.2) is 53.4 Å². The molecule has 27 heavy (non-hydrogen) atoms. The maximum Gasteiger partial charge on any atom is 0.253 e. The van der Waals surface area contributed by atoms with E-state index in [1.54, 1.807) is 36.9 Å². The van der Waals surface area contributed by atoms with Gasteiger partial charge in [0, 0.05) is 25.5 Å². The van der Waals surface area contributed by atoms with Crippen LogP contribution in [0.5, 0.6) is 0 Å². The fraction of sp³-hybridized carbons (Fsp3) is 0.158. The van der Waals surface area contributed by atoms with Crippen molar-refractivity contribution in [2.75, 3.05) is 6.54 Å². The Morgan fingerprint density at radius 1 is 1.19 bits per heavy atom. The molecular formula is C19H18N6O2. The third kappa shape index (κ3) is 3.42. The number of furan rings is 1. The van der Waals surface area contributed by atoms with Crippen molar-refractivity contribution in [3.8, 4) is 11.6 Å². The number of H-pyrrole nitrogens is 1. The van der Waals surface area contributed by atoms with Gasteiger partial charge in [0.15, 0.2) is 17.2 Å². The minimum absolute atomic E-state index is 0.199. The molecule has 0 saturated carbocycles. The van der Waals surface area contributed by atoms with E-state index >= 15 is 0 Å². The van der Waals surface area contributed by atoms with Crippen LogP contribution in [-0.4, -0.2) is 32.4 Å². The van der Waals surface area contributed by atoms with Crippen molar-refractivity contribution >= 4 is 17.1 Å². The maximum atomic E-state index is 12.6. The molecule has 0 fully saturated rings. The molecule has 0 radical (unpaired) electrons. The Balaban J connectivity index is 1.51. The molecule has 0 unspecified atom stereocenters. The van der Waals surface area contributed by atoms with Crippen LogP contribution < -0.4 is 11.1 Å². The molecule has 4 rings (SSSR count). The first kappa shape index (κ1) is 16.9. The van der Waals surface area contributed by atoms with Gasteiger partial charge >= 0.3 is 0 Å². The summed E-state index contributed by atoms with van der Waals surface area (Å²) in [6, 6.07) is 9.06. The lowest BCUT2D eigenvalue weighted by atomic mass is 10.1. The first-order chi connectivity index (χ1) is 13.3. The zero-order valence-electron chi connectivity index (χ0n) is 14.5. The quantitative estimate of drug-likeness (QED) is 0.482. The van der Waals surface area contributed by atoms with Gasteiger partial charge in [0.2, 0.25) is 0 Å². The van der Waals surface area contributed by atoms with Gasteiger partial charge in [0.1, 0.15) is 0 Å². The normalized spacial score (nSPS) is 11.0. The number of nitrogens with one attached hydrogen (secondary N) is 2. The second-order valence-electron chi connectivity index (χ2n) is 5.94. The zero-order chi connectivity index (χ0) is 18.6. The molecule has 0 aliphatic carbocycles. The second kappa shape index (κ2) is 7.38. The molecule has 0 aliphatic heterocycles. The van der Waals surface area contributed by atoms with Gasteiger partial charge in [-0.15, -0.1) is 0 Å². The van der Waals surface area contributed by atoms with E-state index in [1.165, 1.54) is 0 Å². The predicted molar refractivity (Wildman–Crippen MR) is 99.8 cm³/mol. The average molecular weight is 362 g/mol. The number of imidazole rings is 1. The largest absolute Gasteiger partial charge is 0.461 e. The number of aromatic nitrogens is 4. The summed E-state index contributed by atoms with van der Waals surface area (Å²) in [4.78, 5) is 28.6. The molecule has 4 aromatic heterocycles. The summed E-state index contributed by atoms with van der Waals surface area (Å²) in [6.07, 6.45) is 5.50. The first-order valence-electron chi connectivity index (χ1n) is 8.56. The molecule has 4 heterocycles. The number of aromatic amines is 1. The molecule has 4 aromatic rings. The van der Waals surface area contributed by atoms with Crippen molar-refractivity contribution < 1.29 is 9.21 Å². The molecule has 0 aliphatic rings. The number of pyridine rings is 2. The number of hydrogen-bond acceptors (Lipinski definition) is 6. The minimum Gasteiger partial charge on any atom is -0.461 e. The minimum atomic E-state index is -0.199. The summed E-state index contributed by atoms with van der Waals surface area (Å²) in [5.74, 6) is 0.922. The van der Waals surface area contributed by atoms with Gasteiger partial charge in [0.25, 0.3) is 5.91 Å². The Bertz CT molecular complexity index is 1070. The zero-order valence-corrected chi connectivity index (χ0v) is 14.5. The van der Waals surface area contributed by atoms with E-state index in [0.29, 0.717) is 47.8 Å². The van der Waals surface area contributed by atoms with E-state index in [2.05, 4.69) is 25.3 Å². The molecule has 0 spiro atoms. The molecule has 4 N–H and O–H groups in total. The fourth-order valence-electron chi connectivity index (χ4n) is 2.92. The van der Waals surface area contributed by atoms with Gasteiger partial charge in [-0.3, -0.25) is 9.78 Å². The standard InChI is InChI=1S/C19H18N6O2/c20-11-14-12(3-1-7-21-14)5-8-23-19(26)13-6-9-22-18-16(13)24-17(25-18)15-4-2-10-27-15/h1-4,6-7,9-10H,5,8,11,20H2,(H,23,26)(H,22,24,25). The highest BCUT2D eigenvalue weighted by molar-refractivity contribution is 6.04. The van der Waals surface area contributed by atoms with Crippen LogP contribution in [0.2, 0.25) is 0 Å². The SMILES string of the molecule is NCc1ncccc1CCNC(=O)c1ccnc2nc(-c3ccco3)[nH]c12. The molecule has 1 amide bonds. The van der Waals surface area contributed by atoms with E-state index < -0.39 is 0 Å². The number of nitrogens with zero attached hydrogens (tertiary/aromatic N) is 3. The van der Waals surface area contributed by atoms with E-state index in [1.807, 2.05) is 12.1 Å². The molecule has 0 saturated heterocycles. The van der Waals surface area contributed by atoms with Gasteiger partial charge in [-0.2, -0.15) is 0 Å².